The van der Waals surface area contributed by atoms with E-state index in [1.165, 1.54) is 33.4 Å². The highest BCUT2D eigenvalue weighted by Crippen LogP contribution is 2.49. The fourth-order valence-corrected chi connectivity index (χ4v) is 3.05. The molecule has 0 fully saturated rings. The predicted molar refractivity (Wildman–Crippen MR) is 78.2 cm³/mol. The minimum atomic E-state index is -0.317. The first-order chi connectivity index (χ1) is 8.56. The van der Waals surface area contributed by atoms with Gasteiger partial charge in [-0.25, -0.2) is 0 Å². The van der Waals surface area contributed by atoms with Crippen molar-refractivity contribution in [2.24, 2.45) is 0 Å². The molecule has 0 nitrogen and oxygen atoms in total. The number of fused-ring (bicyclic) bond motifs is 3. The Labute approximate surface area is 110 Å². The maximum atomic E-state index is 6.72. The Bertz CT molecular complexity index is 574. The molecule has 0 spiro atoms. The van der Waals surface area contributed by atoms with Crippen LogP contribution in [0.4, 0.5) is 0 Å². The summed E-state index contributed by atoms with van der Waals surface area (Å²) in [5, 5.41) is -0.317. The largest absolute Gasteiger partial charge is 0.0875 e. The molecule has 0 unspecified atom stereocenters. The van der Waals surface area contributed by atoms with Gasteiger partial charge in [0.05, 0.1) is 7.85 Å². The molecule has 88 valence electrons. The van der Waals surface area contributed by atoms with Crippen molar-refractivity contribution < 1.29 is 0 Å². The van der Waals surface area contributed by atoms with Crippen LogP contribution in [-0.2, 0) is 5.31 Å². The molecule has 0 bridgehead atoms. The summed E-state index contributed by atoms with van der Waals surface area (Å²) in [7, 11) is 6.72. The van der Waals surface area contributed by atoms with Crippen molar-refractivity contribution in [3.05, 3.63) is 58.7 Å². The predicted octanol–water partition coefficient (Wildman–Crippen LogP) is 4.11. The number of aryl methyl sites for hydroxylation is 2. The molecule has 2 aromatic rings. The second-order valence-electron chi connectivity index (χ2n) is 5.42. The Morgan fingerprint density at radius 3 is 1.72 bits per heavy atom. The van der Waals surface area contributed by atoms with Crippen molar-refractivity contribution >= 4 is 7.85 Å². The lowest BCUT2D eigenvalue weighted by atomic mass is 9.60. The number of hydrogen-bond acceptors (Lipinski definition) is 0. The molecule has 3 rings (SSSR count). The molecule has 18 heavy (non-hydrogen) atoms. The van der Waals surface area contributed by atoms with Gasteiger partial charge >= 0.3 is 0 Å². The molecule has 0 amide bonds. The summed E-state index contributed by atoms with van der Waals surface area (Å²) in [6.45, 7) is 6.43. The zero-order valence-electron chi connectivity index (χ0n) is 11.2. The molecule has 1 heteroatoms. The van der Waals surface area contributed by atoms with Crippen molar-refractivity contribution in [3.63, 3.8) is 0 Å². The smallest absolute Gasteiger partial charge is 0.0649 e. The Kier molecular flexibility index (Phi) is 2.41. The van der Waals surface area contributed by atoms with Crippen LogP contribution in [0.15, 0.2) is 36.4 Å². The van der Waals surface area contributed by atoms with Gasteiger partial charge in [0.1, 0.15) is 0 Å². The van der Waals surface area contributed by atoms with Crippen LogP contribution >= 0.6 is 0 Å². The van der Waals surface area contributed by atoms with Gasteiger partial charge in [-0.1, -0.05) is 60.9 Å². The van der Waals surface area contributed by atoms with Crippen LogP contribution in [0.5, 0.6) is 0 Å². The standard InChI is InChI=1S/C17H17B/c1-4-17(18)15-9-11(2)5-7-13(15)14-8-6-12(3)10-16(14)17/h5-10H,4H2,1-3H3. The molecule has 0 aliphatic heterocycles. The normalized spacial score (nSPS) is 15.3. The van der Waals surface area contributed by atoms with Gasteiger partial charge in [-0.15, -0.1) is 0 Å². The van der Waals surface area contributed by atoms with Gasteiger partial charge < -0.3 is 0 Å². The van der Waals surface area contributed by atoms with E-state index in [2.05, 4.69) is 57.2 Å². The van der Waals surface area contributed by atoms with Crippen molar-refractivity contribution in [2.75, 3.05) is 0 Å². The second kappa shape index (κ2) is 3.75. The van der Waals surface area contributed by atoms with Gasteiger partial charge in [0.2, 0.25) is 0 Å². The molecule has 0 aromatic heterocycles. The van der Waals surface area contributed by atoms with Crippen molar-refractivity contribution in [1.29, 1.82) is 0 Å². The minimum absolute atomic E-state index is 0.317. The summed E-state index contributed by atoms with van der Waals surface area (Å²) in [5.74, 6) is 0. The first-order valence-corrected chi connectivity index (χ1v) is 6.58. The molecule has 2 aromatic carbocycles. The fourth-order valence-electron chi connectivity index (χ4n) is 3.05. The highest BCUT2D eigenvalue weighted by atomic mass is 14.4. The molecule has 0 saturated heterocycles. The van der Waals surface area contributed by atoms with E-state index in [4.69, 9.17) is 7.85 Å². The van der Waals surface area contributed by atoms with Gasteiger partial charge in [0, 0.05) is 0 Å². The third kappa shape index (κ3) is 1.40. The van der Waals surface area contributed by atoms with E-state index in [0.29, 0.717) is 0 Å². The molecule has 1 aliphatic carbocycles. The lowest BCUT2D eigenvalue weighted by Gasteiger charge is -2.26. The van der Waals surface area contributed by atoms with Crippen LogP contribution in [0.25, 0.3) is 11.1 Å². The topological polar surface area (TPSA) is 0 Å². The SMILES string of the molecule is [B]C1(CC)c2cc(C)ccc2-c2ccc(C)cc21. The van der Waals surface area contributed by atoms with Crippen LogP contribution in [-0.4, -0.2) is 7.85 Å². The fraction of sp³-hybridized carbons (Fsp3) is 0.294. The third-order valence-corrected chi connectivity index (χ3v) is 4.16. The maximum Gasteiger partial charge on any atom is 0.0875 e. The van der Waals surface area contributed by atoms with Crippen molar-refractivity contribution in [1.82, 2.24) is 0 Å². The summed E-state index contributed by atoms with van der Waals surface area (Å²) in [6.07, 6.45) is 0.930. The van der Waals surface area contributed by atoms with Gasteiger partial charge in [-0.2, -0.15) is 0 Å². The zero-order valence-corrected chi connectivity index (χ0v) is 11.2. The van der Waals surface area contributed by atoms with E-state index in [1.807, 2.05) is 0 Å². The van der Waals surface area contributed by atoms with Crippen LogP contribution in [0, 0.1) is 13.8 Å². The minimum Gasteiger partial charge on any atom is -0.0649 e. The maximum absolute atomic E-state index is 6.72. The molecule has 0 atom stereocenters. The highest BCUT2D eigenvalue weighted by Gasteiger charge is 2.37. The second-order valence-corrected chi connectivity index (χ2v) is 5.42. The molecule has 2 radical (unpaired) electrons. The highest BCUT2D eigenvalue weighted by molar-refractivity contribution is 6.21. The average molecular weight is 232 g/mol. The molecular formula is C17H17B. The summed E-state index contributed by atoms with van der Waals surface area (Å²) in [5.41, 5.74) is 7.74. The first-order valence-electron chi connectivity index (χ1n) is 6.58. The molecule has 0 N–H and O–H groups in total. The van der Waals surface area contributed by atoms with Crippen molar-refractivity contribution in [3.8, 4) is 11.1 Å². The van der Waals surface area contributed by atoms with Crippen LogP contribution in [0.2, 0.25) is 0 Å². The molecule has 0 saturated carbocycles. The summed E-state index contributed by atoms with van der Waals surface area (Å²) >= 11 is 0. The van der Waals surface area contributed by atoms with E-state index in [0.717, 1.165) is 6.42 Å². The molecular weight excluding hydrogens is 215 g/mol. The van der Waals surface area contributed by atoms with Crippen LogP contribution < -0.4 is 0 Å². The van der Waals surface area contributed by atoms with E-state index in [9.17, 15) is 0 Å². The lowest BCUT2D eigenvalue weighted by Crippen LogP contribution is -2.24. The summed E-state index contributed by atoms with van der Waals surface area (Å²) < 4.78 is 0. The van der Waals surface area contributed by atoms with E-state index in [-0.39, 0.29) is 5.31 Å². The van der Waals surface area contributed by atoms with Crippen molar-refractivity contribution in [2.45, 2.75) is 32.5 Å². The third-order valence-electron chi connectivity index (χ3n) is 4.16. The van der Waals surface area contributed by atoms with E-state index >= 15 is 0 Å². The Morgan fingerprint density at radius 2 is 1.33 bits per heavy atom. The Hall–Kier alpha value is -1.50. The summed E-state index contributed by atoms with van der Waals surface area (Å²) in [4.78, 5) is 0. The van der Waals surface area contributed by atoms with Gasteiger partial charge in [0.15, 0.2) is 0 Å². The van der Waals surface area contributed by atoms with Crippen LogP contribution in [0.1, 0.15) is 35.6 Å². The molecule has 1 aliphatic rings. The van der Waals surface area contributed by atoms with Crippen LogP contribution in [0.3, 0.4) is 0 Å². The summed E-state index contributed by atoms with van der Waals surface area (Å²) in [6, 6.07) is 13.3. The quantitative estimate of drug-likeness (QED) is 0.649. The Morgan fingerprint density at radius 1 is 0.889 bits per heavy atom. The number of benzene rings is 2. The molecule has 0 heterocycles. The van der Waals surface area contributed by atoms with Gasteiger partial charge in [-0.3, -0.25) is 0 Å². The number of hydrogen-bond donors (Lipinski definition) is 0. The Balaban J connectivity index is 2.37. The number of rotatable bonds is 1. The zero-order chi connectivity index (χ0) is 12.9. The van der Waals surface area contributed by atoms with E-state index in [1.54, 1.807) is 0 Å². The lowest BCUT2D eigenvalue weighted by molar-refractivity contribution is 0.712. The first kappa shape index (κ1) is 11.6. The van der Waals surface area contributed by atoms with Gasteiger partial charge in [-0.05, 0) is 41.4 Å². The monoisotopic (exact) mass is 232 g/mol. The average Bonchev–Trinajstić information content (AvgIpc) is 2.60. The van der Waals surface area contributed by atoms with E-state index < -0.39 is 0 Å². The van der Waals surface area contributed by atoms with Gasteiger partial charge in [0.25, 0.3) is 0 Å².